The number of fused-ring (bicyclic) bond motifs is 2. The number of carbonyl (C=O) groups is 4. The Morgan fingerprint density at radius 2 is 1.17 bits per heavy atom. The summed E-state index contributed by atoms with van der Waals surface area (Å²) in [6, 6.07) is 32.8. The van der Waals surface area contributed by atoms with Gasteiger partial charge in [-0.2, -0.15) is 0 Å². The zero-order valence-electron chi connectivity index (χ0n) is 25.3. The lowest BCUT2D eigenvalue weighted by molar-refractivity contribution is 0.0683. The third-order valence-corrected chi connectivity index (χ3v) is 8.40. The van der Waals surface area contributed by atoms with Gasteiger partial charge in [0.15, 0.2) is 11.6 Å². The van der Waals surface area contributed by atoms with E-state index < -0.39 is 11.9 Å². The van der Waals surface area contributed by atoms with Crippen LogP contribution in [0.3, 0.4) is 0 Å². The monoisotopic (exact) mass is 606 g/mol. The summed E-state index contributed by atoms with van der Waals surface area (Å²) >= 11 is 0. The van der Waals surface area contributed by atoms with Crippen LogP contribution in [0.2, 0.25) is 0 Å². The molecule has 6 heteroatoms. The molecule has 0 radical (unpaired) electrons. The second-order valence-electron chi connectivity index (χ2n) is 11.4. The molecular formula is C40H30O6. The van der Waals surface area contributed by atoms with Gasteiger partial charge in [-0.25, -0.2) is 9.59 Å². The predicted octanol–water partition coefficient (Wildman–Crippen LogP) is 9.05. The third kappa shape index (κ3) is 5.57. The van der Waals surface area contributed by atoms with Crippen molar-refractivity contribution >= 4 is 45.0 Å². The fraction of sp³-hybridized carbons (Fsp3) is 0.100. The van der Waals surface area contributed by atoms with Crippen LogP contribution in [-0.2, 0) is 6.42 Å². The molecule has 0 aromatic heterocycles. The highest BCUT2D eigenvalue weighted by Crippen LogP contribution is 2.40. The number of carboxylic acids is 2. The molecule has 0 fully saturated rings. The lowest BCUT2D eigenvalue weighted by Crippen LogP contribution is -2.12. The SMILES string of the molecule is CCC(=O)c1c(C(=O)O)cc2ccccc2c1-c1cccc2cc(C(=O)O)c(C(=O)Cc3ccc(-c4ccc(C)cc4)cc3)cc12. The van der Waals surface area contributed by atoms with Crippen molar-refractivity contribution in [3.05, 3.63) is 143 Å². The summed E-state index contributed by atoms with van der Waals surface area (Å²) in [7, 11) is 0. The minimum atomic E-state index is -1.23. The van der Waals surface area contributed by atoms with E-state index in [9.17, 15) is 29.4 Å². The summed E-state index contributed by atoms with van der Waals surface area (Å²) < 4.78 is 0. The number of aromatic carboxylic acids is 2. The Morgan fingerprint density at radius 1 is 0.587 bits per heavy atom. The smallest absolute Gasteiger partial charge is 0.336 e. The van der Waals surface area contributed by atoms with Gasteiger partial charge >= 0.3 is 11.9 Å². The molecule has 0 saturated carbocycles. The van der Waals surface area contributed by atoms with Crippen molar-refractivity contribution in [1.82, 2.24) is 0 Å². The summed E-state index contributed by atoms with van der Waals surface area (Å²) in [6.45, 7) is 3.71. The number of hydrogen-bond acceptors (Lipinski definition) is 4. The lowest BCUT2D eigenvalue weighted by Gasteiger charge is -2.18. The van der Waals surface area contributed by atoms with Crippen LogP contribution >= 0.6 is 0 Å². The molecule has 0 aliphatic heterocycles. The van der Waals surface area contributed by atoms with Gasteiger partial charge in [-0.1, -0.05) is 103 Å². The molecule has 0 spiro atoms. The van der Waals surface area contributed by atoms with E-state index in [4.69, 9.17) is 0 Å². The molecular weight excluding hydrogens is 576 g/mol. The normalized spacial score (nSPS) is 11.1. The van der Waals surface area contributed by atoms with Crippen LogP contribution in [0.1, 0.15) is 65.9 Å². The maximum Gasteiger partial charge on any atom is 0.336 e. The molecule has 0 aliphatic rings. The second-order valence-corrected chi connectivity index (χ2v) is 11.4. The number of benzene rings is 6. The Labute approximate surface area is 265 Å². The predicted molar refractivity (Wildman–Crippen MR) is 180 cm³/mol. The second kappa shape index (κ2) is 12.3. The molecule has 0 heterocycles. The molecule has 0 atom stereocenters. The minimum Gasteiger partial charge on any atom is -0.478 e. The summed E-state index contributed by atoms with van der Waals surface area (Å²) in [6.07, 6.45) is 0.0745. The Balaban J connectivity index is 1.51. The summed E-state index contributed by atoms with van der Waals surface area (Å²) in [4.78, 5) is 52.0. The number of ketones is 2. The Kier molecular flexibility index (Phi) is 8.03. The van der Waals surface area contributed by atoms with Gasteiger partial charge in [-0.3, -0.25) is 9.59 Å². The Hall–Kier alpha value is -5.88. The highest BCUT2D eigenvalue weighted by atomic mass is 16.4. The van der Waals surface area contributed by atoms with Gasteiger partial charge in [0.25, 0.3) is 0 Å². The van der Waals surface area contributed by atoms with Gasteiger partial charge < -0.3 is 10.2 Å². The average Bonchev–Trinajstić information content (AvgIpc) is 3.06. The average molecular weight is 607 g/mol. The van der Waals surface area contributed by atoms with E-state index in [2.05, 4.69) is 0 Å². The van der Waals surface area contributed by atoms with Gasteiger partial charge in [0.05, 0.1) is 11.1 Å². The van der Waals surface area contributed by atoms with Crippen LogP contribution in [0, 0.1) is 6.92 Å². The number of rotatable bonds is 9. The molecule has 0 aliphatic carbocycles. The number of aryl methyl sites for hydroxylation is 1. The number of carbonyl (C=O) groups excluding carboxylic acids is 2. The van der Waals surface area contributed by atoms with Gasteiger partial charge in [0.2, 0.25) is 0 Å². The Morgan fingerprint density at radius 3 is 1.83 bits per heavy atom. The first-order chi connectivity index (χ1) is 22.2. The first kappa shape index (κ1) is 30.2. The number of carboxylic acid groups (broad SMARTS) is 2. The van der Waals surface area contributed by atoms with Crippen molar-refractivity contribution in [3.8, 4) is 22.3 Å². The van der Waals surface area contributed by atoms with E-state index in [1.165, 1.54) is 12.1 Å². The highest BCUT2D eigenvalue weighted by molar-refractivity contribution is 6.20. The van der Waals surface area contributed by atoms with E-state index >= 15 is 0 Å². The highest BCUT2D eigenvalue weighted by Gasteiger charge is 2.26. The molecule has 226 valence electrons. The van der Waals surface area contributed by atoms with Crippen molar-refractivity contribution in [1.29, 1.82) is 0 Å². The molecule has 6 nitrogen and oxygen atoms in total. The fourth-order valence-electron chi connectivity index (χ4n) is 6.06. The van der Waals surface area contributed by atoms with Crippen molar-refractivity contribution in [2.24, 2.45) is 0 Å². The van der Waals surface area contributed by atoms with Crippen molar-refractivity contribution in [3.63, 3.8) is 0 Å². The molecule has 0 saturated heterocycles. The summed E-state index contributed by atoms with van der Waals surface area (Å²) in [5.41, 5.74) is 4.84. The maximum atomic E-state index is 13.8. The zero-order valence-corrected chi connectivity index (χ0v) is 25.3. The minimum absolute atomic E-state index is 0.0147. The number of Topliss-reactive ketones (excluding diaryl/α,β-unsaturated/α-hetero) is 2. The van der Waals surface area contributed by atoms with E-state index in [-0.39, 0.29) is 46.7 Å². The van der Waals surface area contributed by atoms with Gasteiger partial charge in [0.1, 0.15) is 0 Å². The summed E-state index contributed by atoms with van der Waals surface area (Å²) in [5.74, 6) is -3.15. The van der Waals surface area contributed by atoms with Gasteiger partial charge in [-0.15, -0.1) is 0 Å². The third-order valence-electron chi connectivity index (χ3n) is 8.40. The van der Waals surface area contributed by atoms with Crippen molar-refractivity contribution < 1.29 is 29.4 Å². The topological polar surface area (TPSA) is 109 Å². The van der Waals surface area contributed by atoms with Crippen LogP contribution < -0.4 is 0 Å². The van der Waals surface area contributed by atoms with Gasteiger partial charge in [0, 0.05) is 29.5 Å². The quantitative estimate of drug-likeness (QED) is 0.159. The molecule has 2 N–H and O–H groups in total. The van der Waals surface area contributed by atoms with Crippen LogP contribution in [0.4, 0.5) is 0 Å². The molecule has 0 unspecified atom stereocenters. The van der Waals surface area contributed by atoms with Crippen molar-refractivity contribution in [2.45, 2.75) is 26.7 Å². The van der Waals surface area contributed by atoms with Crippen LogP contribution in [-0.4, -0.2) is 33.7 Å². The van der Waals surface area contributed by atoms with Crippen LogP contribution in [0.5, 0.6) is 0 Å². The number of hydrogen-bond donors (Lipinski definition) is 2. The molecule has 46 heavy (non-hydrogen) atoms. The molecule has 0 amide bonds. The van der Waals surface area contributed by atoms with E-state index in [1.54, 1.807) is 43.3 Å². The van der Waals surface area contributed by atoms with Crippen LogP contribution in [0.15, 0.2) is 109 Å². The summed E-state index contributed by atoms with van der Waals surface area (Å²) in [5, 5.41) is 22.7. The lowest BCUT2D eigenvalue weighted by atomic mass is 9.84. The first-order valence-electron chi connectivity index (χ1n) is 15.0. The molecule has 6 aromatic carbocycles. The molecule has 6 rings (SSSR count). The Bertz CT molecular complexity index is 2190. The van der Waals surface area contributed by atoms with E-state index in [0.717, 1.165) is 22.3 Å². The maximum absolute atomic E-state index is 13.8. The first-order valence-corrected chi connectivity index (χ1v) is 15.0. The standard InChI is InChI=1S/C40H30O6/c1-3-35(41)38-34(40(45)46)21-27-7-4-5-9-29(27)37(38)30-10-6-8-28-20-33(39(43)44)32(22-31(28)30)36(42)19-24-13-17-26(18-14-24)25-15-11-23(2)12-16-25/h4-18,20-22H,3,19H2,1-2H3,(H,43,44)(H,45,46). The largest absolute Gasteiger partial charge is 0.478 e. The van der Waals surface area contributed by atoms with Crippen molar-refractivity contribution in [2.75, 3.05) is 0 Å². The molecule has 6 aromatic rings. The zero-order chi connectivity index (χ0) is 32.5. The van der Waals surface area contributed by atoms with E-state index in [1.807, 2.05) is 67.6 Å². The van der Waals surface area contributed by atoms with Crippen LogP contribution in [0.25, 0.3) is 43.8 Å². The molecule has 0 bridgehead atoms. The van der Waals surface area contributed by atoms with E-state index in [0.29, 0.717) is 32.7 Å². The van der Waals surface area contributed by atoms with Gasteiger partial charge in [-0.05, 0) is 68.9 Å². The fourth-order valence-corrected chi connectivity index (χ4v) is 6.06.